The average molecular weight is 517 g/mol. The van der Waals surface area contributed by atoms with E-state index in [1.807, 2.05) is 80.6 Å². The second-order valence-corrected chi connectivity index (χ2v) is 10.3. The number of aliphatic imine (C=N–C) groups is 2. The lowest BCUT2D eigenvalue weighted by Crippen LogP contribution is -2.42. The summed E-state index contributed by atoms with van der Waals surface area (Å²) in [6.07, 6.45) is 1.06. The Labute approximate surface area is 219 Å². The number of halogens is 1. The van der Waals surface area contributed by atoms with Gasteiger partial charge in [-0.3, -0.25) is 14.6 Å². The summed E-state index contributed by atoms with van der Waals surface area (Å²) >= 11 is 7.51. The van der Waals surface area contributed by atoms with E-state index in [1.165, 1.54) is 11.8 Å². The Hall–Kier alpha value is -3.42. The zero-order chi connectivity index (χ0) is 25.2. The molecule has 0 saturated carbocycles. The summed E-state index contributed by atoms with van der Waals surface area (Å²) in [6.45, 7) is 3.85. The molecule has 0 radical (unpaired) electrons. The highest BCUT2D eigenvalue weighted by Crippen LogP contribution is 2.36. The number of fused-ring (bicyclic) bond motifs is 3. The lowest BCUT2D eigenvalue weighted by Gasteiger charge is -2.27. The molecule has 0 aliphatic carbocycles. The number of carbonyl (C=O) groups is 2. The lowest BCUT2D eigenvalue weighted by molar-refractivity contribution is -0.124. The molecule has 0 saturated heterocycles. The zero-order valence-electron chi connectivity index (χ0n) is 19.9. The van der Waals surface area contributed by atoms with Gasteiger partial charge < -0.3 is 5.32 Å². The number of rotatable bonds is 6. The molecule has 3 aromatic rings. The zero-order valence-corrected chi connectivity index (χ0v) is 21.5. The van der Waals surface area contributed by atoms with Gasteiger partial charge in [0.05, 0.1) is 10.9 Å². The quantitative estimate of drug-likeness (QED) is 0.436. The molecule has 1 N–H and O–H groups in total. The third kappa shape index (κ3) is 4.81. The van der Waals surface area contributed by atoms with E-state index in [2.05, 4.69) is 5.32 Å². The topological polar surface area (TPSA) is 74.1 Å². The van der Waals surface area contributed by atoms with Gasteiger partial charge in [0.15, 0.2) is 5.17 Å². The number of nitrogens with one attached hydrogen (secondary N) is 1. The van der Waals surface area contributed by atoms with Crippen molar-refractivity contribution in [1.82, 2.24) is 4.90 Å². The predicted octanol–water partition coefficient (Wildman–Crippen LogP) is 6.00. The Kier molecular flexibility index (Phi) is 6.94. The second kappa shape index (κ2) is 10.3. The minimum atomic E-state index is -0.539. The Bertz CT molecular complexity index is 1390. The standard InChI is InChI=1S/C28H25ClN4O2S/c1-3-24(26(34)30-19-14-13-17(2)21(29)16-19)36-28-32-22-12-8-7-11-20(22)25-31-23(27(35)33(25)28)15-18-9-5-4-6-10-18/h4-14,16,23-24H,3,15H2,1-2H3,(H,30,34)/t23-,24-/m1/s1. The Morgan fingerprint density at radius 3 is 2.61 bits per heavy atom. The Morgan fingerprint density at radius 1 is 1.11 bits per heavy atom. The van der Waals surface area contributed by atoms with Crippen molar-refractivity contribution in [3.8, 4) is 0 Å². The Morgan fingerprint density at radius 2 is 1.86 bits per heavy atom. The van der Waals surface area contributed by atoms with Gasteiger partial charge in [-0.25, -0.2) is 9.89 Å². The summed E-state index contributed by atoms with van der Waals surface area (Å²) < 4.78 is 0. The summed E-state index contributed by atoms with van der Waals surface area (Å²) in [4.78, 5) is 37.9. The van der Waals surface area contributed by atoms with E-state index >= 15 is 0 Å². The number of para-hydroxylation sites is 1. The summed E-state index contributed by atoms with van der Waals surface area (Å²) in [6, 6.07) is 22.4. The lowest BCUT2D eigenvalue weighted by atomic mass is 10.1. The van der Waals surface area contributed by atoms with Gasteiger partial charge in [-0.2, -0.15) is 0 Å². The van der Waals surface area contributed by atoms with E-state index in [9.17, 15) is 9.59 Å². The van der Waals surface area contributed by atoms with Crippen LogP contribution in [0.15, 0.2) is 82.8 Å². The van der Waals surface area contributed by atoms with Crippen molar-refractivity contribution in [3.05, 3.63) is 94.5 Å². The summed E-state index contributed by atoms with van der Waals surface area (Å²) in [5.41, 5.74) is 4.17. The first-order chi connectivity index (χ1) is 17.4. The molecule has 2 heterocycles. The number of benzene rings is 3. The summed E-state index contributed by atoms with van der Waals surface area (Å²) in [5, 5.41) is 3.55. The molecule has 2 aliphatic rings. The highest BCUT2D eigenvalue weighted by atomic mass is 35.5. The first kappa shape index (κ1) is 24.3. The molecule has 2 amide bonds. The maximum atomic E-state index is 13.6. The molecule has 2 atom stereocenters. The van der Waals surface area contributed by atoms with Crippen molar-refractivity contribution in [1.29, 1.82) is 0 Å². The van der Waals surface area contributed by atoms with Gasteiger partial charge in [-0.05, 0) is 48.7 Å². The van der Waals surface area contributed by atoms with Crippen molar-refractivity contribution < 1.29 is 9.59 Å². The minimum Gasteiger partial charge on any atom is -0.325 e. The van der Waals surface area contributed by atoms with Crippen molar-refractivity contribution in [2.75, 3.05) is 5.32 Å². The first-order valence-electron chi connectivity index (χ1n) is 11.8. The van der Waals surface area contributed by atoms with Crippen LogP contribution < -0.4 is 5.32 Å². The van der Waals surface area contributed by atoms with Gasteiger partial charge in [0, 0.05) is 22.7 Å². The van der Waals surface area contributed by atoms with Crippen LogP contribution in [0.5, 0.6) is 0 Å². The Balaban J connectivity index is 1.41. The van der Waals surface area contributed by atoms with Crippen LogP contribution in [-0.2, 0) is 16.0 Å². The average Bonchev–Trinajstić information content (AvgIpc) is 3.21. The number of carbonyl (C=O) groups excluding carboxylic acids is 2. The largest absolute Gasteiger partial charge is 0.325 e. The van der Waals surface area contributed by atoms with Crippen LogP contribution >= 0.6 is 23.4 Å². The number of amides is 2. The fraction of sp³-hybridized carbons (Fsp3) is 0.214. The van der Waals surface area contributed by atoms with Gasteiger partial charge in [-0.15, -0.1) is 0 Å². The second-order valence-electron chi connectivity index (χ2n) is 8.71. The number of hydrogen-bond donors (Lipinski definition) is 1. The molecule has 6 nitrogen and oxygen atoms in total. The molecule has 0 fully saturated rings. The van der Waals surface area contributed by atoms with Crippen molar-refractivity contribution in [2.45, 2.75) is 38.0 Å². The number of aryl methyl sites for hydroxylation is 1. The van der Waals surface area contributed by atoms with Crippen LogP contribution in [0.2, 0.25) is 5.02 Å². The maximum absolute atomic E-state index is 13.6. The van der Waals surface area contributed by atoms with Crippen LogP contribution in [0.3, 0.4) is 0 Å². The minimum absolute atomic E-state index is 0.129. The molecule has 5 rings (SSSR count). The number of nitrogens with zero attached hydrogens (tertiary/aromatic N) is 3. The molecular weight excluding hydrogens is 492 g/mol. The van der Waals surface area contributed by atoms with Gasteiger partial charge in [0.1, 0.15) is 11.9 Å². The highest BCUT2D eigenvalue weighted by Gasteiger charge is 2.42. The van der Waals surface area contributed by atoms with E-state index in [1.54, 1.807) is 11.0 Å². The van der Waals surface area contributed by atoms with Crippen LogP contribution in [0.4, 0.5) is 11.4 Å². The number of hydrogen-bond acceptors (Lipinski definition) is 5. The molecule has 0 unspecified atom stereocenters. The summed E-state index contributed by atoms with van der Waals surface area (Å²) in [5.74, 6) is 0.291. The SMILES string of the molecule is CC[C@@H](SC1=Nc2ccccc2C2=N[C@H](Cc3ccccc3)C(=O)N12)C(=O)Nc1ccc(C)c(Cl)c1. The van der Waals surface area contributed by atoms with Gasteiger partial charge >= 0.3 is 0 Å². The molecule has 0 aromatic heterocycles. The molecule has 3 aromatic carbocycles. The van der Waals surface area contributed by atoms with Crippen molar-refractivity contribution in [2.24, 2.45) is 9.98 Å². The fourth-order valence-corrected chi connectivity index (χ4v) is 5.39. The van der Waals surface area contributed by atoms with E-state index in [0.29, 0.717) is 34.6 Å². The van der Waals surface area contributed by atoms with E-state index in [4.69, 9.17) is 21.6 Å². The number of amidine groups is 2. The van der Waals surface area contributed by atoms with Crippen molar-refractivity contribution in [3.63, 3.8) is 0 Å². The van der Waals surface area contributed by atoms with Crippen LogP contribution in [0.1, 0.15) is 30.0 Å². The molecular formula is C28H25ClN4O2S. The maximum Gasteiger partial charge on any atom is 0.259 e. The predicted molar refractivity (Wildman–Crippen MR) is 147 cm³/mol. The monoisotopic (exact) mass is 516 g/mol. The van der Waals surface area contributed by atoms with Gasteiger partial charge in [0.2, 0.25) is 5.91 Å². The number of anilines is 1. The summed E-state index contributed by atoms with van der Waals surface area (Å²) in [7, 11) is 0. The van der Waals surface area contributed by atoms with E-state index in [-0.39, 0.29) is 11.8 Å². The van der Waals surface area contributed by atoms with Crippen LogP contribution in [-0.4, -0.2) is 39.0 Å². The third-order valence-corrected chi connectivity index (χ3v) is 7.89. The van der Waals surface area contributed by atoms with Crippen LogP contribution in [0, 0.1) is 6.92 Å². The highest BCUT2D eigenvalue weighted by molar-refractivity contribution is 8.15. The molecule has 0 spiro atoms. The normalized spacial score (nSPS) is 17.1. The van der Waals surface area contributed by atoms with E-state index < -0.39 is 11.3 Å². The molecule has 8 heteroatoms. The van der Waals surface area contributed by atoms with Crippen LogP contribution in [0.25, 0.3) is 0 Å². The van der Waals surface area contributed by atoms with Gasteiger partial charge in [0.25, 0.3) is 5.91 Å². The number of thioether (sulfide) groups is 1. The third-order valence-electron chi connectivity index (χ3n) is 6.17. The van der Waals surface area contributed by atoms with Gasteiger partial charge in [-0.1, -0.05) is 78.8 Å². The molecule has 0 bridgehead atoms. The fourth-order valence-electron chi connectivity index (χ4n) is 4.19. The molecule has 182 valence electrons. The van der Waals surface area contributed by atoms with E-state index in [0.717, 1.165) is 22.4 Å². The molecule has 2 aliphatic heterocycles. The molecule has 36 heavy (non-hydrogen) atoms. The van der Waals surface area contributed by atoms with Crippen molar-refractivity contribution >= 4 is 57.6 Å². The smallest absolute Gasteiger partial charge is 0.259 e. The first-order valence-corrected chi connectivity index (χ1v) is 13.1.